The van der Waals surface area contributed by atoms with E-state index < -0.39 is 41.9 Å². The summed E-state index contributed by atoms with van der Waals surface area (Å²) in [6.45, 7) is -0.171. The van der Waals surface area contributed by atoms with E-state index in [1.54, 1.807) is 24.3 Å². The SMILES string of the molecule is O=C(O)CC1Oc2ccccc2N(Cc2nc3c(F)cc(F)c(F)c3s2)C1=O. The number of hydrogen-bond acceptors (Lipinski definition) is 5. The molecule has 1 unspecified atom stereocenters. The molecule has 1 amide bonds. The highest BCUT2D eigenvalue weighted by Gasteiger charge is 2.36. The fourth-order valence-electron chi connectivity index (χ4n) is 2.96. The number of aromatic nitrogens is 1. The van der Waals surface area contributed by atoms with Gasteiger partial charge in [-0.05, 0) is 12.1 Å². The lowest BCUT2D eigenvalue weighted by Gasteiger charge is -2.33. The summed E-state index contributed by atoms with van der Waals surface area (Å²) in [6, 6.07) is 6.91. The zero-order valence-corrected chi connectivity index (χ0v) is 14.8. The Labute approximate surface area is 159 Å². The zero-order valence-electron chi connectivity index (χ0n) is 14.0. The van der Waals surface area contributed by atoms with E-state index in [9.17, 15) is 22.8 Å². The van der Waals surface area contributed by atoms with Crippen molar-refractivity contribution in [2.75, 3.05) is 4.90 Å². The van der Waals surface area contributed by atoms with Gasteiger partial charge < -0.3 is 9.84 Å². The van der Waals surface area contributed by atoms with E-state index in [-0.39, 0.29) is 21.8 Å². The Balaban J connectivity index is 1.74. The first kappa shape index (κ1) is 18.2. The molecule has 1 aromatic heterocycles. The summed E-state index contributed by atoms with van der Waals surface area (Å²) in [5.41, 5.74) is 0.0514. The Morgan fingerprint density at radius 1 is 1.25 bits per heavy atom. The summed E-state index contributed by atoms with van der Waals surface area (Å²) in [7, 11) is 0. The van der Waals surface area contributed by atoms with Crippen LogP contribution in [-0.4, -0.2) is 28.1 Å². The fourth-order valence-corrected chi connectivity index (χ4v) is 3.95. The van der Waals surface area contributed by atoms with Crippen LogP contribution in [0.25, 0.3) is 10.2 Å². The fraction of sp³-hybridized carbons (Fsp3) is 0.167. The van der Waals surface area contributed by atoms with Gasteiger partial charge in [-0.3, -0.25) is 14.5 Å². The summed E-state index contributed by atoms with van der Waals surface area (Å²) < 4.78 is 46.5. The van der Waals surface area contributed by atoms with E-state index in [1.807, 2.05) is 0 Å². The van der Waals surface area contributed by atoms with Crippen LogP contribution >= 0.6 is 11.3 Å². The third-order valence-electron chi connectivity index (χ3n) is 4.18. The minimum atomic E-state index is -1.32. The van der Waals surface area contributed by atoms with Gasteiger partial charge in [0.25, 0.3) is 5.91 Å². The van der Waals surface area contributed by atoms with Gasteiger partial charge in [0.1, 0.15) is 16.3 Å². The summed E-state index contributed by atoms with van der Waals surface area (Å²) in [5.74, 6) is -5.07. The first-order valence-electron chi connectivity index (χ1n) is 8.07. The van der Waals surface area contributed by atoms with Crippen molar-refractivity contribution in [2.24, 2.45) is 0 Å². The Hall–Kier alpha value is -3.14. The number of carbonyl (C=O) groups excluding carboxylic acids is 1. The topological polar surface area (TPSA) is 79.7 Å². The number of fused-ring (bicyclic) bond motifs is 2. The molecule has 0 fully saturated rings. The van der Waals surface area contributed by atoms with E-state index in [0.717, 1.165) is 11.3 Å². The highest BCUT2D eigenvalue weighted by molar-refractivity contribution is 7.18. The van der Waals surface area contributed by atoms with Crippen LogP contribution in [0.1, 0.15) is 11.4 Å². The molecule has 0 bridgehead atoms. The van der Waals surface area contributed by atoms with Gasteiger partial charge in [0.05, 0.1) is 23.4 Å². The first-order chi connectivity index (χ1) is 13.3. The predicted molar refractivity (Wildman–Crippen MR) is 93.8 cm³/mol. The first-order valence-corrected chi connectivity index (χ1v) is 8.88. The maximum atomic E-state index is 14.0. The number of thiazole rings is 1. The maximum Gasteiger partial charge on any atom is 0.307 e. The van der Waals surface area contributed by atoms with Gasteiger partial charge in [-0.2, -0.15) is 0 Å². The third-order valence-corrected chi connectivity index (χ3v) is 5.21. The lowest BCUT2D eigenvalue weighted by atomic mass is 10.1. The largest absolute Gasteiger partial charge is 0.481 e. The second-order valence-corrected chi connectivity index (χ2v) is 7.12. The van der Waals surface area contributed by atoms with Gasteiger partial charge in [0.2, 0.25) is 0 Å². The number of halogens is 3. The number of carboxylic acids is 1. The van der Waals surface area contributed by atoms with Crippen LogP contribution in [0.2, 0.25) is 0 Å². The summed E-state index contributed by atoms with van der Waals surface area (Å²) in [5, 5.41) is 9.17. The molecule has 1 N–H and O–H groups in total. The summed E-state index contributed by atoms with van der Waals surface area (Å²) in [6.07, 6.45) is -1.79. The molecule has 2 aromatic carbocycles. The van der Waals surface area contributed by atoms with E-state index in [2.05, 4.69) is 4.98 Å². The number of para-hydroxylation sites is 2. The van der Waals surface area contributed by atoms with Crippen LogP contribution < -0.4 is 9.64 Å². The molecule has 3 aromatic rings. The second-order valence-electron chi connectivity index (χ2n) is 6.04. The van der Waals surface area contributed by atoms with Gasteiger partial charge in [-0.1, -0.05) is 12.1 Å². The molecular formula is C18H11F3N2O4S. The Morgan fingerprint density at radius 2 is 2.00 bits per heavy atom. The van der Waals surface area contributed by atoms with Crippen LogP contribution in [0.15, 0.2) is 30.3 Å². The highest BCUT2D eigenvalue weighted by Crippen LogP contribution is 2.37. The standard InChI is InChI=1S/C18H11F3N2O4S/c19-8-5-9(20)16-17(15(8)21)28-13(22-16)7-23-10-3-1-2-4-11(10)27-12(18(23)26)6-14(24)25/h1-5,12H,6-7H2,(H,24,25). The number of carbonyl (C=O) groups is 2. The molecule has 2 heterocycles. The number of ether oxygens (including phenoxy) is 1. The zero-order chi connectivity index (χ0) is 20.0. The van der Waals surface area contributed by atoms with Gasteiger partial charge in [0, 0.05) is 6.07 Å². The minimum Gasteiger partial charge on any atom is -0.481 e. The molecule has 0 spiro atoms. The molecular weight excluding hydrogens is 397 g/mol. The third kappa shape index (κ3) is 3.05. The molecule has 28 heavy (non-hydrogen) atoms. The average molecular weight is 408 g/mol. The van der Waals surface area contributed by atoms with Crippen molar-refractivity contribution in [3.8, 4) is 5.75 Å². The molecule has 1 aliphatic rings. The van der Waals surface area contributed by atoms with Crippen molar-refractivity contribution >= 4 is 39.1 Å². The predicted octanol–water partition coefficient (Wildman–Crippen LogP) is 3.48. The molecule has 1 atom stereocenters. The summed E-state index contributed by atoms with van der Waals surface area (Å²) in [4.78, 5) is 29.0. The monoisotopic (exact) mass is 408 g/mol. The van der Waals surface area contributed by atoms with E-state index in [0.29, 0.717) is 17.5 Å². The average Bonchev–Trinajstić information content (AvgIpc) is 3.07. The van der Waals surface area contributed by atoms with Crippen molar-refractivity contribution in [3.63, 3.8) is 0 Å². The molecule has 0 saturated heterocycles. The molecule has 6 nitrogen and oxygen atoms in total. The van der Waals surface area contributed by atoms with Crippen LogP contribution in [0.5, 0.6) is 5.75 Å². The van der Waals surface area contributed by atoms with Crippen LogP contribution in [0, 0.1) is 17.5 Å². The molecule has 0 radical (unpaired) electrons. The number of rotatable bonds is 4. The molecule has 10 heteroatoms. The van der Waals surface area contributed by atoms with Crippen molar-refractivity contribution < 1.29 is 32.6 Å². The number of benzene rings is 2. The Kier molecular flexibility index (Phi) is 4.42. The van der Waals surface area contributed by atoms with E-state index >= 15 is 0 Å². The summed E-state index contributed by atoms with van der Waals surface area (Å²) >= 11 is 0.721. The van der Waals surface area contributed by atoms with Crippen molar-refractivity contribution in [1.29, 1.82) is 0 Å². The lowest BCUT2D eigenvalue weighted by molar-refractivity contribution is -0.142. The van der Waals surface area contributed by atoms with Gasteiger partial charge in [-0.25, -0.2) is 18.2 Å². The molecule has 1 aliphatic heterocycles. The van der Waals surface area contributed by atoms with Crippen LogP contribution in [0.3, 0.4) is 0 Å². The quantitative estimate of drug-likeness (QED) is 0.669. The van der Waals surface area contributed by atoms with E-state index in [1.165, 1.54) is 4.90 Å². The molecule has 144 valence electrons. The number of hydrogen-bond donors (Lipinski definition) is 1. The van der Waals surface area contributed by atoms with Crippen molar-refractivity contribution in [3.05, 3.63) is 52.8 Å². The van der Waals surface area contributed by atoms with Crippen LogP contribution in [0.4, 0.5) is 18.9 Å². The number of nitrogens with zero attached hydrogens (tertiary/aromatic N) is 2. The lowest BCUT2D eigenvalue weighted by Crippen LogP contribution is -2.46. The van der Waals surface area contributed by atoms with Gasteiger partial charge >= 0.3 is 5.97 Å². The van der Waals surface area contributed by atoms with Crippen LogP contribution in [-0.2, 0) is 16.1 Å². The number of amides is 1. The molecule has 4 rings (SSSR count). The normalized spacial score (nSPS) is 16.2. The minimum absolute atomic E-state index is 0.164. The Bertz CT molecular complexity index is 1120. The molecule has 0 saturated carbocycles. The van der Waals surface area contributed by atoms with Gasteiger partial charge in [-0.15, -0.1) is 11.3 Å². The van der Waals surface area contributed by atoms with Crippen molar-refractivity contribution in [2.45, 2.75) is 19.1 Å². The van der Waals surface area contributed by atoms with E-state index in [4.69, 9.17) is 9.84 Å². The van der Waals surface area contributed by atoms with Crippen molar-refractivity contribution in [1.82, 2.24) is 4.98 Å². The van der Waals surface area contributed by atoms with Gasteiger partial charge in [0.15, 0.2) is 23.6 Å². The number of anilines is 1. The highest BCUT2D eigenvalue weighted by atomic mass is 32.1. The molecule has 0 aliphatic carbocycles. The Morgan fingerprint density at radius 3 is 2.75 bits per heavy atom. The maximum absolute atomic E-state index is 14.0. The number of aliphatic carboxylic acids is 1. The smallest absolute Gasteiger partial charge is 0.307 e. The second kappa shape index (κ2) is 6.79. The number of carboxylic acid groups (broad SMARTS) is 1.